The Kier molecular flexibility index (Phi) is 45.4. The summed E-state index contributed by atoms with van der Waals surface area (Å²) < 4.78 is 22.9. The number of esters is 1. The Morgan fingerprint density at radius 1 is 0.485 bits per heavy atom. The molecule has 66 heavy (non-hydrogen) atoms. The van der Waals surface area contributed by atoms with E-state index in [0.717, 1.165) is 57.8 Å². The molecule has 386 valence electrons. The molecule has 1 aliphatic heterocycles. The first-order valence-electron chi connectivity index (χ1n) is 27.7. The molecule has 0 aromatic rings. The van der Waals surface area contributed by atoms with E-state index in [1.54, 1.807) is 0 Å². The van der Waals surface area contributed by atoms with Gasteiger partial charge in [0.05, 0.1) is 19.8 Å². The average Bonchev–Trinajstić information content (AvgIpc) is 3.32. The van der Waals surface area contributed by atoms with E-state index in [2.05, 4.69) is 62.5 Å². The van der Waals surface area contributed by atoms with Gasteiger partial charge in [0, 0.05) is 13.0 Å². The summed E-state index contributed by atoms with van der Waals surface area (Å²) in [6.07, 6.45) is 54.3. The monoisotopic (exact) mass is 933 g/mol. The van der Waals surface area contributed by atoms with E-state index >= 15 is 0 Å². The second kappa shape index (κ2) is 48.2. The lowest BCUT2D eigenvalue weighted by atomic mass is 9.99. The number of unbranched alkanes of at least 4 members (excludes halogenated alkanes) is 29. The molecule has 4 N–H and O–H groups in total. The number of carbonyl (C=O) groups excluding carboxylic acids is 1. The van der Waals surface area contributed by atoms with Crippen LogP contribution in [0.2, 0.25) is 0 Å². The summed E-state index contributed by atoms with van der Waals surface area (Å²) in [4.78, 5) is 12.9. The Bertz CT molecular complexity index is 1150. The summed E-state index contributed by atoms with van der Waals surface area (Å²) in [5, 5.41) is 40.3. The summed E-state index contributed by atoms with van der Waals surface area (Å²) in [6, 6.07) is 0. The molecule has 6 atom stereocenters. The lowest BCUT2D eigenvalue weighted by Crippen LogP contribution is -2.59. The van der Waals surface area contributed by atoms with Crippen molar-refractivity contribution in [1.82, 2.24) is 0 Å². The third-order valence-corrected chi connectivity index (χ3v) is 12.7. The van der Waals surface area contributed by atoms with Crippen LogP contribution in [0.1, 0.15) is 245 Å². The molecule has 1 fully saturated rings. The van der Waals surface area contributed by atoms with Gasteiger partial charge in [-0.2, -0.15) is 0 Å². The number of allylic oxidation sites excluding steroid dienone is 8. The maximum absolute atomic E-state index is 12.9. The van der Waals surface area contributed by atoms with Gasteiger partial charge in [-0.3, -0.25) is 4.79 Å². The van der Waals surface area contributed by atoms with E-state index in [4.69, 9.17) is 18.9 Å². The predicted octanol–water partition coefficient (Wildman–Crippen LogP) is 14.0. The van der Waals surface area contributed by atoms with Gasteiger partial charge in [-0.25, -0.2) is 0 Å². The first-order chi connectivity index (χ1) is 32.4. The van der Waals surface area contributed by atoms with Crippen molar-refractivity contribution in [2.75, 3.05) is 26.4 Å². The van der Waals surface area contributed by atoms with Crippen LogP contribution in [-0.4, -0.2) is 89.6 Å². The van der Waals surface area contributed by atoms with Crippen LogP contribution in [0.15, 0.2) is 48.6 Å². The van der Waals surface area contributed by atoms with Crippen molar-refractivity contribution in [3.05, 3.63) is 48.6 Å². The Morgan fingerprint density at radius 2 is 0.879 bits per heavy atom. The van der Waals surface area contributed by atoms with Crippen molar-refractivity contribution >= 4 is 5.97 Å². The molecular weight excluding hydrogens is 829 g/mol. The van der Waals surface area contributed by atoms with E-state index in [1.807, 2.05) is 0 Å². The van der Waals surface area contributed by atoms with Gasteiger partial charge in [-0.15, -0.1) is 0 Å². The number of aliphatic hydroxyl groups excluding tert-OH is 4. The number of ether oxygens (including phenoxy) is 4. The quantitative estimate of drug-likeness (QED) is 0.0267. The van der Waals surface area contributed by atoms with Crippen molar-refractivity contribution < 1.29 is 44.2 Å². The standard InChI is InChI=1S/C57H104O9/c1-3-5-7-9-11-13-15-17-19-21-23-25-26-27-28-30-32-34-36-38-40-42-44-46-53(59)65-51(50-64-57-56(62)55(61)54(60)52(48-58)66-57)49-63-47-45-43-41-39-37-35-33-31-29-24-22-20-18-16-14-12-10-8-6-4-2/h12,14,18,20-21,23-24,29,51-52,54-58,60-62H,3-11,13,15-17,19,22,25-28,30-50H2,1-2H3/b14-12-,20-18-,23-21-,29-24-. The van der Waals surface area contributed by atoms with Crippen LogP contribution in [0, 0.1) is 0 Å². The van der Waals surface area contributed by atoms with E-state index in [1.165, 1.54) is 167 Å². The smallest absolute Gasteiger partial charge is 0.306 e. The highest BCUT2D eigenvalue weighted by molar-refractivity contribution is 5.69. The maximum atomic E-state index is 12.9. The first-order valence-corrected chi connectivity index (χ1v) is 27.7. The zero-order chi connectivity index (χ0) is 47.8. The zero-order valence-corrected chi connectivity index (χ0v) is 42.7. The van der Waals surface area contributed by atoms with Gasteiger partial charge >= 0.3 is 5.97 Å². The second-order valence-electron chi connectivity index (χ2n) is 19.0. The van der Waals surface area contributed by atoms with Crippen molar-refractivity contribution in [3.8, 4) is 0 Å². The molecule has 0 aliphatic carbocycles. The molecule has 0 aromatic heterocycles. The Hall–Kier alpha value is -1.85. The minimum Gasteiger partial charge on any atom is -0.457 e. The molecule has 0 saturated carbocycles. The summed E-state index contributed by atoms with van der Waals surface area (Å²) in [5.41, 5.74) is 0. The molecule has 0 amide bonds. The topological polar surface area (TPSA) is 135 Å². The molecule has 0 aromatic carbocycles. The molecule has 1 heterocycles. The maximum Gasteiger partial charge on any atom is 0.306 e. The van der Waals surface area contributed by atoms with E-state index in [0.29, 0.717) is 13.0 Å². The molecule has 0 bridgehead atoms. The molecule has 1 aliphatic rings. The minimum absolute atomic E-state index is 0.117. The van der Waals surface area contributed by atoms with Gasteiger partial charge in [0.2, 0.25) is 0 Å². The Labute approximate surface area is 405 Å². The second-order valence-corrected chi connectivity index (χ2v) is 19.0. The summed E-state index contributed by atoms with van der Waals surface area (Å²) >= 11 is 0. The first kappa shape index (κ1) is 62.2. The highest BCUT2D eigenvalue weighted by Gasteiger charge is 2.44. The molecular formula is C57H104O9. The van der Waals surface area contributed by atoms with Crippen molar-refractivity contribution in [3.63, 3.8) is 0 Å². The van der Waals surface area contributed by atoms with Crippen LogP contribution in [0.25, 0.3) is 0 Å². The molecule has 1 rings (SSSR count). The summed E-state index contributed by atoms with van der Waals surface area (Å²) in [7, 11) is 0. The van der Waals surface area contributed by atoms with Crippen molar-refractivity contribution in [2.24, 2.45) is 0 Å². The van der Waals surface area contributed by atoms with Gasteiger partial charge in [0.15, 0.2) is 6.29 Å². The molecule has 6 unspecified atom stereocenters. The van der Waals surface area contributed by atoms with Gasteiger partial charge < -0.3 is 39.4 Å². The molecule has 9 heteroatoms. The van der Waals surface area contributed by atoms with Gasteiger partial charge in [-0.05, 0) is 77.0 Å². The van der Waals surface area contributed by atoms with Crippen molar-refractivity contribution in [1.29, 1.82) is 0 Å². The van der Waals surface area contributed by atoms with Crippen LogP contribution in [0.5, 0.6) is 0 Å². The van der Waals surface area contributed by atoms with Gasteiger partial charge in [0.25, 0.3) is 0 Å². The van der Waals surface area contributed by atoms with E-state index < -0.39 is 43.4 Å². The Balaban J connectivity index is 2.18. The number of carbonyl (C=O) groups is 1. The lowest BCUT2D eigenvalue weighted by Gasteiger charge is -2.39. The van der Waals surface area contributed by atoms with Crippen LogP contribution in [-0.2, 0) is 23.7 Å². The third-order valence-electron chi connectivity index (χ3n) is 12.7. The minimum atomic E-state index is -1.54. The van der Waals surface area contributed by atoms with Crippen LogP contribution in [0.3, 0.4) is 0 Å². The SMILES string of the molecule is CCCCC/C=C\C/C=C\C/C=C\CCCCCCCCCOCC(COC1OC(CO)C(O)C(O)C1O)OC(=O)CCCCCCCCCCCCC/C=C\CCCCCCCCCC. The molecule has 9 nitrogen and oxygen atoms in total. The largest absolute Gasteiger partial charge is 0.457 e. The number of aliphatic hydroxyl groups is 4. The predicted molar refractivity (Wildman–Crippen MR) is 275 cm³/mol. The number of hydrogen-bond donors (Lipinski definition) is 4. The highest BCUT2D eigenvalue weighted by Crippen LogP contribution is 2.23. The van der Waals surface area contributed by atoms with Crippen molar-refractivity contribution in [2.45, 2.75) is 282 Å². The molecule has 1 saturated heterocycles. The average molecular weight is 933 g/mol. The fraction of sp³-hybridized carbons (Fsp3) is 0.842. The normalized spacial score (nSPS) is 19.6. The van der Waals surface area contributed by atoms with E-state index in [-0.39, 0.29) is 19.2 Å². The third kappa shape index (κ3) is 38.1. The fourth-order valence-electron chi connectivity index (χ4n) is 8.38. The van der Waals surface area contributed by atoms with Crippen LogP contribution < -0.4 is 0 Å². The van der Waals surface area contributed by atoms with Crippen LogP contribution in [0.4, 0.5) is 0 Å². The number of hydrogen-bond acceptors (Lipinski definition) is 9. The summed E-state index contributed by atoms with van der Waals surface area (Å²) in [5.74, 6) is -0.316. The van der Waals surface area contributed by atoms with Gasteiger partial charge in [0.1, 0.15) is 30.5 Å². The Morgan fingerprint density at radius 3 is 1.36 bits per heavy atom. The van der Waals surface area contributed by atoms with E-state index in [9.17, 15) is 25.2 Å². The zero-order valence-electron chi connectivity index (χ0n) is 42.7. The fourth-order valence-corrected chi connectivity index (χ4v) is 8.38. The summed E-state index contributed by atoms with van der Waals surface area (Å²) in [6.45, 7) is 4.54. The molecule has 0 radical (unpaired) electrons. The molecule has 0 spiro atoms. The highest BCUT2D eigenvalue weighted by atomic mass is 16.7. The van der Waals surface area contributed by atoms with Gasteiger partial charge in [-0.1, -0.05) is 210 Å². The lowest BCUT2D eigenvalue weighted by molar-refractivity contribution is -0.305. The van der Waals surface area contributed by atoms with Crippen LogP contribution >= 0.6 is 0 Å². The number of rotatable bonds is 48.